The monoisotopic (exact) mass is 158 g/mol. The number of hydrogen-bond acceptors (Lipinski definition) is 2. The zero-order valence-electron chi connectivity index (χ0n) is 6.31. The molecule has 0 fully saturated rings. The molecule has 1 aromatic rings. The van der Waals surface area contributed by atoms with Gasteiger partial charge in [0.2, 0.25) is 0 Å². The molecular weight excluding hydrogens is 152 g/mol. The van der Waals surface area contributed by atoms with E-state index in [2.05, 4.69) is 10.0 Å². The van der Waals surface area contributed by atoms with Crippen LogP contribution in [0.3, 0.4) is 0 Å². The van der Waals surface area contributed by atoms with Crippen LogP contribution in [-0.2, 0) is 6.42 Å². The van der Waals surface area contributed by atoms with Crippen LogP contribution in [-0.4, -0.2) is 0 Å². The molecule has 1 rings (SSSR count). The molecule has 0 saturated heterocycles. The molecule has 0 aromatic heterocycles. The van der Waals surface area contributed by atoms with Gasteiger partial charge in [0.25, 0.3) is 0 Å². The van der Waals surface area contributed by atoms with Gasteiger partial charge in [-0.1, -0.05) is 29.4 Å². The quantitative estimate of drug-likeness (QED) is 0.370. The largest absolute Gasteiger partial charge is 0.198 e. The summed E-state index contributed by atoms with van der Waals surface area (Å²) >= 11 is 0. The van der Waals surface area contributed by atoms with Crippen LogP contribution >= 0.6 is 0 Å². The summed E-state index contributed by atoms with van der Waals surface area (Å²) < 4.78 is 0. The highest BCUT2D eigenvalue weighted by atomic mass is 15.1. The number of nitriles is 1. The van der Waals surface area contributed by atoms with Crippen molar-refractivity contribution in [3.8, 4) is 6.07 Å². The molecule has 0 atom stereocenters. The lowest BCUT2D eigenvalue weighted by Gasteiger charge is -1.97. The molecule has 0 aliphatic rings. The molecule has 0 spiro atoms. The molecule has 12 heavy (non-hydrogen) atoms. The maximum Gasteiger partial charge on any atom is 0.0669 e. The summed E-state index contributed by atoms with van der Waals surface area (Å²) in [6, 6.07) is 9.03. The van der Waals surface area contributed by atoms with Crippen molar-refractivity contribution in [2.24, 2.45) is 5.11 Å². The topological polar surface area (TPSA) is 72.5 Å². The second kappa shape index (κ2) is 4.02. The van der Waals surface area contributed by atoms with Crippen molar-refractivity contribution in [1.29, 1.82) is 5.26 Å². The van der Waals surface area contributed by atoms with E-state index < -0.39 is 0 Å². The van der Waals surface area contributed by atoms with Gasteiger partial charge in [-0.2, -0.15) is 5.26 Å². The van der Waals surface area contributed by atoms with Gasteiger partial charge in [0.15, 0.2) is 0 Å². The summed E-state index contributed by atoms with van der Waals surface area (Å²) in [4.78, 5) is 2.66. The summed E-state index contributed by atoms with van der Waals surface area (Å²) in [6.45, 7) is 0. The van der Waals surface area contributed by atoms with Crippen LogP contribution in [0.5, 0.6) is 0 Å². The van der Waals surface area contributed by atoms with E-state index >= 15 is 0 Å². The molecule has 1 aromatic carbocycles. The average Bonchev–Trinajstić information content (AvgIpc) is 2.09. The number of hydrogen-bond donors (Lipinski definition) is 0. The Bertz CT molecular complexity index is 358. The molecule has 58 valence electrons. The molecule has 0 aliphatic heterocycles. The first-order valence-electron chi connectivity index (χ1n) is 3.38. The van der Waals surface area contributed by atoms with Crippen LogP contribution in [0.4, 0.5) is 5.69 Å². The van der Waals surface area contributed by atoms with Gasteiger partial charge in [-0.15, -0.1) is 0 Å². The van der Waals surface area contributed by atoms with Gasteiger partial charge >= 0.3 is 0 Å². The van der Waals surface area contributed by atoms with Crippen LogP contribution in [0.1, 0.15) is 5.56 Å². The predicted octanol–water partition coefficient (Wildman–Crippen LogP) is 2.69. The Hall–Kier alpha value is -1.98. The molecule has 4 nitrogen and oxygen atoms in total. The molecule has 0 unspecified atom stereocenters. The van der Waals surface area contributed by atoms with Gasteiger partial charge < -0.3 is 0 Å². The first kappa shape index (κ1) is 8.12. The van der Waals surface area contributed by atoms with Gasteiger partial charge in [-0.3, -0.25) is 0 Å². The Morgan fingerprint density at radius 1 is 1.50 bits per heavy atom. The molecule has 4 heteroatoms. The van der Waals surface area contributed by atoms with Gasteiger partial charge in [-0.25, -0.2) is 0 Å². The SMILES string of the molecule is N#CCc1ccccc1N=[N+]=[N-]. The fraction of sp³-hybridized carbons (Fsp3) is 0.125. The first-order chi connectivity index (χ1) is 5.88. The second-order valence-corrected chi connectivity index (χ2v) is 2.15. The van der Waals surface area contributed by atoms with Crippen molar-refractivity contribution in [1.82, 2.24) is 0 Å². The zero-order chi connectivity index (χ0) is 8.81. The Morgan fingerprint density at radius 2 is 2.25 bits per heavy atom. The highest BCUT2D eigenvalue weighted by Crippen LogP contribution is 2.18. The van der Waals surface area contributed by atoms with Crippen LogP contribution < -0.4 is 0 Å². The summed E-state index contributed by atoms with van der Waals surface area (Å²) in [5.41, 5.74) is 9.48. The predicted molar refractivity (Wildman–Crippen MR) is 44.6 cm³/mol. The molecular formula is C8H6N4. The summed E-state index contributed by atoms with van der Waals surface area (Å²) in [7, 11) is 0. The van der Waals surface area contributed by atoms with Crippen LogP contribution in [0.2, 0.25) is 0 Å². The smallest absolute Gasteiger partial charge is 0.0669 e. The fourth-order valence-corrected chi connectivity index (χ4v) is 0.891. The van der Waals surface area contributed by atoms with E-state index in [4.69, 9.17) is 10.8 Å². The summed E-state index contributed by atoms with van der Waals surface area (Å²) in [5.74, 6) is 0. The fourth-order valence-electron chi connectivity index (χ4n) is 0.891. The normalized spacial score (nSPS) is 8.25. The van der Waals surface area contributed by atoms with E-state index in [1.807, 2.05) is 12.1 Å². The van der Waals surface area contributed by atoms with Crippen molar-refractivity contribution in [2.75, 3.05) is 0 Å². The van der Waals surface area contributed by atoms with E-state index in [1.165, 1.54) is 0 Å². The van der Waals surface area contributed by atoms with Crippen LogP contribution in [0.15, 0.2) is 29.4 Å². The lowest BCUT2D eigenvalue weighted by Crippen LogP contribution is -1.80. The third-order valence-electron chi connectivity index (χ3n) is 1.41. The first-order valence-corrected chi connectivity index (χ1v) is 3.38. The third kappa shape index (κ3) is 1.75. The van der Waals surface area contributed by atoms with Gasteiger partial charge in [0, 0.05) is 10.6 Å². The van der Waals surface area contributed by atoms with E-state index in [9.17, 15) is 0 Å². The highest BCUT2D eigenvalue weighted by Gasteiger charge is 1.96. The molecule has 0 heterocycles. The molecule has 0 saturated carbocycles. The zero-order valence-corrected chi connectivity index (χ0v) is 6.31. The number of azide groups is 1. The van der Waals surface area contributed by atoms with E-state index in [0.29, 0.717) is 5.69 Å². The Labute approximate surface area is 69.7 Å². The van der Waals surface area contributed by atoms with E-state index in [-0.39, 0.29) is 6.42 Å². The summed E-state index contributed by atoms with van der Waals surface area (Å²) in [6.07, 6.45) is 0.273. The standard InChI is InChI=1S/C8H6N4/c9-6-5-7-3-1-2-4-8(7)11-12-10/h1-4H,5H2. The van der Waals surface area contributed by atoms with Crippen LogP contribution in [0.25, 0.3) is 10.4 Å². The van der Waals surface area contributed by atoms with Gasteiger partial charge in [0.1, 0.15) is 0 Å². The maximum atomic E-state index is 8.43. The summed E-state index contributed by atoms with van der Waals surface area (Å²) in [5, 5.41) is 11.9. The van der Waals surface area contributed by atoms with Gasteiger partial charge in [-0.05, 0) is 11.1 Å². The van der Waals surface area contributed by atoms with Crippen molar-refractivity contribution < 1.29 is 0 Å². The lowest BCUT2D eigenvalue weighted by molar-refractivity contribution is 1.24. The minimum Gasteiger partial charge on any atom is -0.198 e. The molecule has 0 amide bonds. The number of nitrogens with zero attached hydrogens (tertiary/aromatic N) is 4. The average molecular weight is 158 g/mol. The van der Waals surface area contributed by atoms with Crippen molar-refractivity contribution >= 4 is 5.69 Å². The van der Waals surface area contributed by atoms with Crippen molar-refractivity contribution in [3.63, 3.8) is 0 Å². The second-order valence-electron chi connectivity index (χ2n) is 2.15. The van der Waals surface area contributed by atoms with Crippen molar-refractivity contribution in [3.05, 3.63) is 40.3 Å². The van der Waals surface area contributed by atoms with Crippen LogP contribution in [0, 0.1) is 11.3 Å². The number of benzene rings is 1. The molecule has 0 radical (unpaired) electrons. The van der Waals surface area contributed by atoms with E-state index in [1.54, 1.807) is 18.2 Å². The Balaban J connectivity index is 3.09. The third-order valence-corrected chi connectivity index (χ3v) is 1.41. The minimum absolute atomic E-state index is 0.273. The molecule has 0 N–H and O–H groups in total. The maximum absolute atomic E-state index is 8.43. The minimum atomic E-state index is 0.273. The van der Waals surface area contributed by atoms with E-state index in [0.717, 1.165) is 5.56 Å². The number of rotatable bonds is 2. The lowest BCUT2D eigenvalue weighted by atomic mass is 10.1. The highest BCUT2D eigenvalue weighted by molar-refractivity contribution is 5.46. The molecule has 0 bridgehead atoms. The van der Waals surface area contributed by atoms with Gasteiger partial charge in [0.05, 0.1) is 12.5 Å². The Kier molecular flexibility index (Phi) is 2.72. The Morgan fingerprint density at radius 3 is 2.92 bits per heavy atom. The molecule has 0 aliphatic carbocycles. The van der Waals surface area contributed by atoms with Crippen molar-refractivity contribution in [2.45, 2.75) is 6.42 Å².